The molecule has 0 aromatic carbocycles. The molecule has 1 amide bonds. The molecule has 17 unspecified atom stereocenters. The van der Waals surface area contributed by atoms with E-state index in [-0.39, 0.29) is 18.9 Å². The van der Waals surface area contributed by atoms with Crippen LogP contribution >= 0.6 is 0 Å². The quantitative estimate of drug-likeness (QED) is 0.0323. The number of carbonyl (C=O) groups is 1. The second kappa shape index (κ2) is 28.3. The van der Waals surface area contributed by atoms with Crippen LogP contribution in [0.25, 0.3) is 0 Å². The van der Waals surface area contributed by atoms with Crippen LogP contribution < -0.4 is 5.32 Å². The normalized spacial score (nSPS) is 36.0. The highest BCUT2D eigenvalue weighted by Gasteiger charge is 2.53. The molecule has 0 saturated carbocycles. The van der Waals surface area contributed by atoms with Crippen LogP contribution in [0.5, 0.6) is 0 Å². The van der Waals surface area contributed by atoms with E-state index in [2.05, 4.69) is 19.2 Å². The number of unbranched alkanes of at least 4 members (excludes halogenated alkanes) is 12. The lowest BCUT2D eigenvalue weighted by Gasteiger charge is -2.48. The standard InChI is InChI=1S/C41H75NO18/c1-3-5-7-9-11-12-13-14-16-18-25(46)24(42-29(47)19-17-15-10-8-6-4-2)23-55-39-35(53)32(50)37(27(21-44)57-39)60-41-36(54)33(51)38(28(22-45)58-41)59-40-34(52)31(49)30(48)26(20-43)56-40/h16,18,24-28,30-41,43-46,48-54H,3-15,17,19-23H2,1-2H3,(H,42,47)/b18-16+. The summed E-state index contributed by atoms with van der Waals surface area (Å²) in [6, 6.07) is -0.960. The van der Waals surface area contributed by atoms with Crippen molar-refractivity contribution in [2.24, 2.45) is 0 Å². The first kappa shape index (κ1) is 52.9. The summed E-state index contributed by atoms with van der Waals surface area (Å²) in [5.74, 6) is -0.291. The number of amides is 1. The number of rotatable bonds is 28. The summed E-state index contributed by atoms with van der Waals surface area (Å²) >= 11 is 0. The minimum absolute atomic E-state index is 0.242. The zero-order valence-electron chi connectivity index (χ0n) is 35.2. The number of aliphatic hydroxyl groups excluding tert-OH is 11. The van der Waals surface area contributed by atoms with Gasteiger partial charge in [0.1, 0.15) is 73.2 Å². The summed E-state index contributed by atoms with van der Waals surface area (Å²) in [7, 11) is 0. The van der Waals surface area contributed by atoms with E-state index in [0.717, 1.165) is 57.8 Å². The minimum Gasteiger partial charge on any atom is -0.394 e. The van der Waals surface area contributed by atoms with Crippen molar-refractivity contribution in [3.63, 3.8) is 0 Å². The average molecular weight is 870 g/mol. The summed E-state index contributed by atoms with van der Waals surface area (Å²) < 4.78 is 33.9. The Morgan fingerprint density at radius 1 is 0.583 bits per heavy atom. The summed E-state index contributed by atoms with van der Waals surface area (Å²) in [6.07, 6.45) is -8.43. The molecule has 3 aliphatic rings. The Labute approximate surface area is 353 Å². The smallest absolute Gasteiger partial charge is 0.220 e. The van der Waals surface area contributed by atoms with Crippen LogP contribution in [-0.4, -0.2) is 193 Å². The van der Waals surface area contributed by atoms with Gasteiger partial charge in [-0.3, -0.25) is 4.79 Å². The number of ether oxygens (including phenoxy) is 6. The van der Waals surface area contributed by atoms with Gasteiger partial charge in [0.2, 0.25) is 5.91 Å². The molecule has 0 radical (unpaired) electrons. The fourth-order valence-corrected chi connectivity index (χ4v) is 7.54. The molecule has 3 heterocycles. The molecule has 19 nitrogen and oxygen atoms in total. The van der Waals surface area contributed by atoms with Crippen LogP contribution in [0.15, 0.2) is 12.2 Å². The van der Waals surface area contributed by atoms with Crippen molar-refractivity contribution in [1.82, 2.24) is 5.32 Å². The first-order chi connectivity index (χ1) is 28.8. The lowest BCUT2D eigenvalue weighted by atomic mass is 9.96. The molecule has 0 aromatic heterocycles. The van der Waals surface area contributed by atoms with Crippen LogP contribution in [0.2, 0.25) is 0 Å². The van der Waals surface area contributed by atoms with Gasteiger partial charge in [-0.25, -0.2) is 0 Å². The molecule has 12 N–H and O–H groups in total. The van der Waals surface area contributed by atoms with Crippen LogP contribution in [0, 0.1) is 0 Å². The van der Waals surface area contributed by atoms with Crippen LogP contribution in [0.4, 0.5) is 0 Å². The Morgan fingerprint density at radius 3 is 1.57 bits per heavy atom. The molecule has 0 aromatic rings. The van der Waals surface area contributed by atoms with Crippen LogP contribution in [0.3, 0.4) is 0 Å². The molecule has 3 fully saturated rings. The molecule has 3 saturated heterocycles. The first-order valence-corrected chi connectivity index (χ1v) is 21.9. The topological polar surface area (TPSA) is 307 Å². The Balaban J connectivity index is 1.62. The third-order valence-corrected chi connectivity index (χ3v) is 11.3. The van der Waals surface area contributed by atoms with E-state index in [9.17, 15) is 61.0 Å². The second-order valence-electron chi connectivity index (χ2n) is 16.2. The summed E-state index contributed by atoms with van der Waals surface area (Å²) in [4.78, 5) is 13.0. The Morgan fingerprint density at radius 2 is 1.03 bits per heavy atom. The molecule has 0 bridgehead atoms. The predicted molar refractivity (Wildman–Crippen MR) is 213 cm³/mol. The molecular weight excluding hydrogens is 794 g/mol. The summed E-state index contributed by atoms with van der Waals surface area (Å²) in [5, 5.41) is 119. The molecule has 17 atom stereocenters. The molecule has 3 aliphatic heterocycles. The number of allylic oxidation sites excluding steroid dienone is 1. The van der Waals surface area contributed by atoms with Crippen LogP contribution in [-0.2, 0) is 33.2 Å². The van der Waals surface area contributed by atoms with Crippen molar-refractivity contribution in [2.75, 3.05) is 26.4 Å². The monoisotopic (exact) mass is 869 g/mol. The van der Waals surface area contributed by atoms with E-state index in [1.165, 1.54) is 25.7 Å². The number of aliphatic hydroxyl groups is 11. The zero-order valence-corrected chi connectivity index (χ0v) is 35.2. The molecular formula is C41H75NO18. The van der Waals surface area contributed by atoms with Gasteiger partial charge in [0.15, 0.2) is 18.9 Å². The minimum atomic E-state index is -1.97. The van der Waals surface area contributed by atoms with Crippen molar-refractivity contribution < 1.29 is 89.4 Å². The van der Waals surface area contributed by atoms with Gasteiger partial charge < -0.3 is 89.9 Å². The predicted octanol–water partition coefficient (Wildman–Crippen LogP) is -1.26. The van der Waals surface area contributed by atoms with E-state index >= 15 is 0 Å². The third kappa shape index (κ3) is 16.0. The zero-order chi connectivity index (χ0) is 44.2. The Hall–Kier alpha value is -1.47. The Bertz CT molecular complexity index is 1180. The van der Waals surface area contributed by atoms with E-state index < -0.39 is 124 Å². The van der Waals surface area contributed by atoms with Crippen molar-refractivity contribution in [3.05, 3.63) is 12.2 Å². The van der Waals surface area contributed by atoms with Gasteiger partial charge in [-0.1, -0.05) is 96.6 Å². The number of carbonyl (C=O) groups excluding carboxylic acids is 1. The number of hydrogen-bond acceptors (Lipinski definition) is 18. The molecule has 60 heavy (non-hydrogen) atoms. The summed E-state index contributed by atoms with van der Waals surface area (Å²) in [5.41, 5.74) is 0. The first-order valence-electron chi connectivity index (χ1n) is 21.9. The fourth-order valence-electron chi connectivity index (χ4n) is 7.54. The van der Waals surface area contributed by atoms with Gasteiger partial charge in [0.25, 0.3) is 0 Å². The fraction of sp³-hybridized carbons (Fsp3) is 0.927. The van der Waals surface area contributed by atoms with E-state index in [1.807, 2.05) is 6.08 Å². The highest BCUT2D eigenvalue weighted by molar-refractivity contribution is 5.76. The largest absolute Gasteiger partial charge is 0.394 e. The highest BCUT2D eigenvalue weighted by atomic mass is 16.8. The van der Waals surface area contributed by atoms with Gasteiger partial charge in [-0.05, 0) is 19.3 Å². The lowest BCUT2D eigenvalue weighted by Crippen LogP contribution is -2.66. The second-order valence-corrected chi connectivity index (χ2v) is 16.2. The molecule has 0 spiro atoms. The maximum Gasteiger partial charge on any atom is 0.220 e. The van der Waals surface area contributed by atoms with E-state index in [4.69, 9.17) is 28.4 Å². The van der Waals surface area contributed by atoms with Gasteiger partial charge in [0.05, 0.1) is 38.6 Å². The van der Waals surface area contributed by atoms with Crippen molar-refractivity contribution >= 4 is 5.91 Å². The number of hydrogen-bond donors (Lipinski definition) is 12. The van der Waals surface area contributed by atoms with E-state index in [1.54, 1.807) is 6.08 Å². The molecule has 0 aliphatic carbocycles. The maximum atomic E-state index is 13.0. The van der Waals surface area contributed by atoms with Crippen LogP contribution in [0.1, 0.15) is 110 Å². The van der Waals surface area contributed by atoms with Gasteiger partial charge in [-0.15, -0.1) is 0 Å². The van der Waals surface area contributed by atoms with Crippen molar-refractivity contribution in [1.29, 1.82) is 0 Å². The molecule has 19 heteroatoms. The maximum absolute atomic E-state index is 13.0. The van der Waals surface area contributed by atoms with Gasteiger partial charge in [0, 0.05) is 6.42 Å². The summed E-state index contributed by atoms with van der Waals surface area (Å²) in [6.45, 7) is 1.54. The average Bonchev–Trinajstić information content (AvgIpc) is 3.24. The number of nitrogens with one attached hydrogen (secondary N) is 1. The molecule has 352 valence electrons. The van der Waals surface area contributed by atoms with Gasteiger partial charge in [-0.2, -0.15) is 0 Å². The lowest BCUT2D eigenvalue weighted by molar-refractivity contribution is -0.379. The molecule has 3 rings (SSSR count). The SMILES string of the molecule is CCCCCCCCC/C=C/C(O)C(COC1OC(CO)C(OC2OC(CO)C(OC3OC(CO)C(O)C(O)C3O)C(O)C2O)C(O)C1O)NC(=O)CCCCCCCC. The van der Waals surface area contributed by atoms with Crippen molar-refractivity contribution in [3.8, 4) is 0 Å². The highest BCUT2D eigenvalue weighted by Crippen LogP contribution is 2.33. The Kier molecular flexibility index (Phi) is 25.0. The van der Waals surface area contributed by atoms with Gasteiger partial charge >= 0.3 is 0 Å². The third-order valence-electron chi connectivity index (χ3n) is 11.3. The van der Waals surface area contributed by atoms with Crippen molar-refractivity contribution in [2.45, 2.75) is 214 Å². The van der Waals surface area contributed by atoms with E-state index in [0.29, 0.717) is 6.42 Å².